The zero-order valence-corrected chi connectivity index (χ0v) is 14.0. The molecule has 0 unspecified atom stereocenters. The van der Waals surface area contributed by atoms with Gasteiger partial charge in [-0.05, 0) is 53.6 Å². The Morgan fingerprint density at radius 2 is 1.26 bits per heavy atom. The molecule has 0 saturated heterocycles. The maximum absolute atomic E-state index is 12.6. The molecule has 0 heterocycles. The van der Waals surface area contributed by atoms with E-state index >= 15 is 0 Å². The maximum Gasteiger partial charge on any atom is 0.416 e. The van der Waals surface area contributed by atoms with Gasteiger partial charge in [-0.15, -0.1) is 0 Å². The molecule has 27 heavy (non-hydrogen) atoms. The summed E-state index contributed by atoms with van der Waals surface area (Å²) < 4.78 is 43.1. The van der Waals surface area contributed by atoms with Crippen molar-refractivity contribution in [2.45, 2.75) is 6.18 Å². The van der Waals surface area contributed by atoms with E-state index in [1.165, 1.54) is 30.3 Å². The summed E-state index contributed by atoms with van der Waals surface area (Å²) in [5.41, 5.74) is 12.8. The van der Waals surface area contributed by atoms with E-state index < -0.39 is 17.7 Å². The second kappa shape index (κ2) is 7.03. The number of anilines is 2. The van der Waals surface area contributed by atoms with Gasteiger partial charge in [-0.2, -0.15) is 13.2 Å². The molecule has 3 aromatic carbocycles. The van der Waals surface area contributed by atoms with Gasteiger partial charge in [0.2, 0.25) is 0 Å². The van der Waals surface area contributed by atoms with Crippen LogP contribution in [0.3, 0.4) is 0 Å². The Morgan fingerprint density at radius 1 is 0.778 bits per heavy atom. The Hall–Kier alpha value is -3.48. The Kier molecular flexibility index (Phi) is 4.77. The Balaban J connectivity index is 1.74. The Bertz CT molecular complexity index is 946. The summed E-state index contributed by atoms with van der Waals surface area (Å²) in [5.74, 6) is -0.326. The first-order valence-electron chi connectivity index (χ1n) is 7.88. The normalized spacial score (nSPS) is 11.2. The largest absolute Gasteiger partial charge is 0.423 e. The predicted octanol–water partition coefficient (Wildman–Crippen LogP) is 4.76. The fourth-order valence-corrected chi connectivity index (χ4v) is 2.53. The molecule has 138 valence electrons. The molecule has 0 aliphatic rings. The molecule has 0 aliphatic heterocycles. The molecule has 0 fully saturated rings. The summed E-state index contributed by atoms with van der Waals surface area (Å²) in [6.45, 7) is 0. The highest BCUT2D eigenvalue weighted by atomic mass is 19.4. The molecule has 0 atom stereocenters. The van der Waals surface area contributed by atoms with Gasteiger partial charge in [-0.25, -0.2) is 4.79 Å². The van der Waals surface area contributed by atoms with E-state index in [9.17, 15) is 18.0 Å². The zero-order chi connectivity index (χ0) is 19.6. The maximum atomic E-state index is 12.6. The number of carbonyl (C=O) groups is 1. The number of rotatable bonds is 3. The molecule has 0 amide bonds. The number of esters is 1. The third kappa shape index (κ3) is 4.38. The van der Waals surface area contributed by atoms with Gasteiger partial charge < -0.3 is 16.2 Å². The van der Waals surface area contributed by atoms with Crippen LogP contribution in [0, 0.1) is 0 Å². The van der Waals surface area contributed by atoms with Crippen molar-refractivity contribution in [2.24, 2.45) is 0 Å². The molecular weight excluding hydrogens is 357 g/mol. The minimum absolute atomic E-state index is 0.222. The average molecular weight is 372 g/mol. The molecule has 4 N–H and O–H groups in total. The monoisotopic (exact) mass is 372 g/mol. The van der Waals surface area contributed by atoms with Crippen LogP contribution < -0.4 is 16.2 Å². The summed E-state index contributed by atoms with van der Waals surface area (Å²) in [6.07, 6.45) is -4.37. The standard InChI is InChI=1S/C20H15F3N2O2/c21-20(22,23)15-5-1-12(2-6-15)13-3-7-18(8-4-13)27-19(26)14-9-16(24)11-17(25)10-14/h1-11H,24-25H2. The number of ether oxygens (including phenoxy) is 1. The van der Waals surface area contributed by atoms with Gasteiger partial charge in [0.15, 0.2) is 0 Å². The fourth-order valence-electron chi connectivity index (χ4n) is 2.53. The van der Waals surface area contributed by atoms with E-state index in [1.54, 1.807) is 24.3 Å². The first-order valence-corrected chi connectivity index (χ1v) is 7.88. The van der Waals surface area contributed by atoms with Crippen molar-refractivity contribution in [1.29, 1.82) is 0 Å². The highest BCUT2D eigenvalue weighted by Gasteiger charge is 2.29. The van der Waals surface area contributed by atoms with Gasteiger partial charge in [0.1, 0.15) is 5.75 Å². The van der Waals surface area contributed by atoms with E-state index in [0.717, 1.165) is 12.1 Å². The van der Waals surface area contributed by atoms with Crippen molar-refractivity contribution in [3.05, 3.63) is 77.9 Å². The van der Waals surface area contributed by atoms with E-state index in [1.807, 2.05) is 0 Å². The number of alkyl halides is 3. The molecule has 3 aromatic rings. The Morgan fingerprint density at radius 3 is 1.74 bits per heavy atom. The molecule has 0 spiro atoms. The van der Waals surface area contributed by atoms with Crippen molar-refractivity contribution < 1.29 is 22.7 Å². The molecule has 4 nitrogen and oxygen atoms in total. The molecule has 7 heteroatoms. The summed E-state index contributed by atoms with van der Waals surface area (Å²) in [6, 6.07) is 15.7. The summed E-state index contributed by atoms with van der Waals surface area (Å²) in [5, 5.41) is 0. The number of nitrogens with two attached hydrogens (primary N) is 2. The number of carbonyl (C=O) groups excluding carboxylic acids is 1. The topological polar surface area (TPSA) is 78.3 Å². The van der Waals surface area contributed by atoms with Gasteiger partial charge in [-0.3, -0.25) is 0 Å². The number of benzene rings is 3. The number of halogens is 3. The molecule has 0 saturated carbocycles. The van der Waals surface area contributed by atoms with Crippen molar-refractivity contribution in [3.8, 4) is 16.9 Å². The third-order valence-electron chi connectivity index (χ3n) is 3.82. The molecule has 3 rings (SSSR count). The smallest absolute Gasteiger partial charge is 0.416 e. The summed E-state index contributed by atoms with van der Waals surface area (Å²) >= 11 is 0. The van der Waals surface area contributed by atoms with Crippen LogP contribution in [0.2, 0.25) is 0 Å². The van der Waals surface area contributed by atoms with Gasteiger partial charge in [0.05, 0.1) is 11.1 Å². The predicted molar refractivity (Wildman–Crippen MR) is 97.1 cm³/mol. The molecule has 0 bridgehead atoms. The number of hydrogen-bond donors (Lipinski definition) is 2. The Labute approximate surface area is 153 Å². The lowest BCUT2D eigenvalue weighted by molar-refractivity contribution is -0.137. The third-order valence-corrected chi connectivity index (χ3v) is 3.82. The first-order chi connectivity index (χ1) is 12.7. The van der Waals surface area contributed by atoms with E-state index in [0.29, 0.717) is 22.5 Å². The van der Waals surface area contributed by atoms with Gasteiger partial charge in [-0.1, -0.05) is 24.3 Å². The van der Waals surface area contributed by atoms with Crippen molar-refractivity contribution in [3.63, 3.8) is 0 Å². The second-order valence-electron chi connectivity index (χ2n) is 5.88. The van der Waals surface area contributed by atoms with Crippen LogP contribution in [0.25, 0.3) is 11.1 Å². The lowest BCUT2D eigenvalue weighted by Crippen LogP contribution is -2.09. The van der Waals surface area contributed by atoms with E-state index in [-0.39, 0.29) is 11.3 Å². The zero-order valence-electron chi connectivity index (χ0n) is 14.0. The van der Waals surface area contributed by atoms with Crippen molar-refractivity contribution in [2.75, 3.05) is 11.5 Å². The van der Waals surface area contributed by atoms with Crippen LogP contribution in [0.15, 0.2) is 66.7 Å². The molecule has 0 radical (unpaired) electrons. The lowest BCUT2D eigenvalue weighted by Gasteiger charge is -2.09. The van der Waals surface area contributed by atoms with Crippen LogP contribution in [0.1, 0.15) is 15.9 Å². The van der Waals surface area contributed by atoms with E-state index in [2.05, 4.69) is 0 Å². The first kappa shape index (κ1) is 18.3. The summed E-state index contributed by atoms with van der Waals surface area (Å²) in [7, 11) is 0. The average Bonchev–Trinajstić information content (AvgIpc) is 2.61. The highest BCUT2D eigenvalue weighted by Crippen LogP contribution is 2.31. The van der Waals surface area contributed by atoms with Crippen LogP contribution in [0.4, 0.5) is 24.5 Å². The van der Waals surface area contributed by atoms with Crippen LogP contribution in [-0.4, -0.2) is 5.97 Å². The minimum atomic E-state index is -4.37. The second-order valence-corrected chi connectivity index (χ2v) is 5.88. The summed E-state index contributed by atoms with van der Waals surface area (Å²) in [4.78, 5) is 12.2. The lowest BCUT2D eigenvalue weighted by atomic mass is 10.0. The molecule has 0 aromatic heterocycles. The van der Waals surface area contributed by atoms with E-state index in [4.69, 9.17) is 16.2 Å². The minimum Gasteiger partial charge on any atom is -0.423 e. The van der Waals surface area contributed by atoms with Gasteiger partial charge in [0.25, 0.3) is 0 Å². The highest BCUT2D eigenvalue weighted by molar-refractivity contribution is 5.93. The SMILES string of the molecule is Nc1cc(N)cc(C(=O)Oc2ccc(-c3ccc(C(F)(F)F)cc3)cc2)c1. The van der Waals surface area contributed by atoms with Crippen LogP contribution in [0.5, 0.6) is 5.75 Å². The van der Waals surface area contributed by atoms with Gasteiger partial charge in [0, 0.05) is 11.4 Å². The van der Waals surface area contributed by atoms with Crippen LogP contribution in [-0.2, 0) is 6.18 Å². The van der Waals surface area contributed by atoms with Crippen molar-refractivity contribution >= 4 is 17.3 Å². The number of nitrogen functional groups attached to an aromatic ring is 2. The molecule has 0 aliphatic carbocycles. The fraction of sp³-hybridized carbons (Fsp3) is 0.0500. The van der Waals surface area contributed by atoms with Crippen molar-refractivity contribution in [1.82, 2.24) is 0 Å². The molecular formula is C20H15F3N2O2. The number of hydrogen-bond acceptors (Lipinski definition) is 4. The quantitative estimate of drug-likeness (QED) is 0.395. The van der Waals surface area contributed by atoms with Gasteiger partial charge >= 0.3 is 12.1 Å². The van der Waals surface area contributed by atoms with Crippen LogP contribution >= 0.6 is 0 Å².